The fourth-order valence-corrected chi connectivity index (χ4v) is 5.97. The summed E-state index contributed by atoms with van der Waals surface area (Å²) in [5.74, 6) is -0.539. The van der Waals surface area contributed by atoms with Crippen LogP contribution in [0.15, 0.2) is 76.1 Å². The highest BCUT2D eigenvalue weighted by Gasteiger charge is 2.32. The van der Waals surface area contributed by atoms with Gasteiger partial charge in [0.15, 0.2) is 0 Å². The quantitative estimate of drug-likeness (QED) is 0.293. The number of carbonyl (C=O) groups is 2. The molecule has 0 unspecified atom stereocenters. The smallest absolute Gasteiger partial charge is 0.264 e. The van der Waals surface area contributed by atoms with E-state index in [0.29, 0.717) is 12.2 Å². The normalized spacial score (nSPS) is 12.2. The number of amides is 2. The maximum atomic E-state index is 14.0. The molecule has 3 aromatic rings. The SMILES string of the molecule is Cc1ccc(S(=O)(=O)N(CC(=O)N(Cc2cccc(Br)c2)[C@@H](C)C(=O)NCC(C)C)c2ccc(C)c(C)c2)cc1. The topological polar surface area (TPSA) is 86.8 Å². The minimum absolute atomic E-state index is 0.0883. The van der Waals surface area contributed by atoms with Crippen LogP contribution in [0.25, 0.3) is 0 Å². The monoisotopic (exact) mass is 627 g/mol. The second-order valence-electron chi connectivity index (χ2n) is 10.6. The fourth-order valence-electron chi connectivity index (χ4n) is 4.11. The average Bonchev–Trinajstić information content (AvgIpc) is 2.90. The van der Waals surface area contributed by atoms with Crippen LogP contribution in [0, 0.1) is 26.7 Å². The van der Waals surface area contributed by atoms with Crippen molar-refractivity contribution in [1.82, 2.24) is 10.2 Å². The van der Waals surface area contributed by atoms with Crippen molar-refractivity contribution in [1.29, 1.82) is 0 Å². The molecule has 0 spiro atoms. The summed E-state index contributed by atoms with van der Waals surface area (Å²) in [5, 5.41) is 2.90. The number of benzene rings is 3. The first-order chi connectivity index (χ1) is 18.8. The molecule has 3 rings (SSSR count). The van der Waals surface area contributed by atoms with E-state index in [4.69, 9.17) is 0 Å². The number of aryl methyl sites for hydroxylation is 3. The standard InChI is InChI=1S/C31H38BrN3O4S/c1-21(2)18-33-31(37)25(6)34(19-26-8-7-9-27(32)17-26)30(36)20-35(28-13-12-23(4)24(5)16-28)40(38,39)29-14-10-22(3)11-15-29/h7-17,21,25H,18-20H2,1-6H3,(H,33,37)/t25-/m0/s1. The number of hydrogen-bond acceptors (Lipinski definition) is 4. The van der Waals surface area contributed by atoms with E-state index in [1.165, 1.54) is 4.90 Å². The third kappa shape index (κ3) is 7.95. The molecule has 0 aromatic heterocycles. The lowest BCUT2D eigenvalue weighted by molar-refractivity contribution is -0.139. The molecule has 1 atom stereocenters. The Hall–Kier alpha value is -3.17. The molecule has 0 heterocycles. The zero-order valence-corrected chi connectivity index (χ0v) is 26.3. The number of nitrogens with one attached hydrogen (secondary N) is 1. The van der Waals surface area contributed by atoms with Crippen molar-refractivity contribution in [2.24, 2.45) is 5.92 Å². The summed E-state index contributed by atoms with van der Waals surface area (Å²) < 4.78 is 29.9. The predicted octanol–water partition coefficient (Wildman–Crippen LogP) is 5.76. The van der Waals surface area contributed by atoms with Crippen LogP contribution in [0.3, 0.4) is 0 Å². The molecular weight excluding hydrogens is 590 g/mol. The van der Waals surface area contributed by atoms with Crippen LogP contribution in [-0.4, -0.2) is 44.3 Å². The lowest BCUT2D eigenvalue weighted by Gasteiger charge is -2.32. The Morgan fingerprint density at radius 1 is 0.900 bits per heavy atom. The van der Waals surface area contributed by atoms with Crippen molar-refractivity contribution in [2.45, 2.75) is 59.0 Å². The highest BCUT2D eigenvalue weighted by Crippen LogP contribution is 2.27. The summed E-state index contributed by atoms with van der Waals surface area (Å²) in [6.07, 6.45) is 0. The molecule has 40 heavy (non-hydrogen) atoms. The van der Waals surface area contributed by atoms with E-state index >= 15 is 0 Å². The Kier molecular flexibility index (Phi) is 10.6. The zero-order valence-electron chi connectivity index (χ0n) is 23.9. The van der Waals surface area contributed by atoms with Crippen LogP contribution in [0.1, 0.15) is 43.0 Å². The summed E-state index contributed by atoms with van der Waals surface area (Å²) >= 11 is 3.47. The molecule has 0 bridgehead atoms. The lowest BCUT2D eigenvalue weighted by atomic mass is 10.1. The molecule has 214 valence electrons. The Morgan fingerprint density at radius 3 is 2.17 bits per heavy atom. The van der Waals surface area contributed by atoms with E-state index in [9.17, 15) is 18.0 Å². The number of rotatable bonds is 11. The van der Waals surface area contributed by atoms with Crippen molar-refractivity contribution in [2.75, 3.05) is 17.4 Å². The van der Waals surface area contributed by atoms with Crippen molar-refractivity contribution < 1.29 is 18.0 Å². The van der Waals surface area contributed by atoms with Gasteiger partial charge in [-0.15, -0.1) is 0 Å². The zero-order chi connectivity index (χ0) is 29.6. The Bertz CT molecular complexity index is 1460. The van der Waals surface area contributed by atoms with Crippen molar-refractivity contribution in [3.63, 3.8) is 0 Å². The first-order valence-corrected chi connectivity index (χ1v) is 15.5. The van der Waals surface area contributed by atoms with Gasteiger partial charge in [0.05, 0.1) is 10.6 Å². The second-order valence-corrected chi connectivity index (χ2v) is 13.3. The third-order valence-electron chi connectivity index (χ3n) is 6.76. The van der Waals surface area contributed by atoms with Gasteiger partial charge in [0.1, 0.15) is 12.6 Å². The molecule has 0 fully saturated rings. The van der Waals surface area contributed by atoms with Crippen LogP contribution in [-0.2, 0) is 26.2 Å². The summed E-state index contributed by atoms with van der Waals surface area (Å²) in [6.45, 7) is 11.5. The molecule has 0 radical (unpaired) electrons. The largest absolute Gasteiger partial charge is 0.354 e. The maximum Gasteiger partial charge on any atom is 0.264 e. The number of carbonyl (C=O) groups excluding carboxylic acids is 2. The molecule has 0 aliphatic rings. The molecule has 0 saturated carbocycles. The van der Waals surface area contributed by atoms with Gasteiger partial charge in [-0.3, -0.25) is 13.9 Å². The minimum atomic E-state index is -4.10. The predicted molar refractivity (Wildman–Crippen MR) is 164 cm³/mol. The highest BCUT2D eigenvalue weighted by atomic mass is 79.9. The molecule has 1 N–H and O–H groups in total. The van der Waals surface area contributed by atoms with Crippen LogP contribution >= 0.6 is 15.9 Å². The average molecular weight is 629 g/mol. The van der Waals surface area contributed by atoms with Gasteiger partial charge >= 0.3 is 0 Å². The number of anilines is 1. The van der Waals surface area contributed by atoms with E-state index < -0.39 is 28.5 Å². The van der Waals surface area contributed by atoms with E-state index in [0.717, 1.165) is 31.0 Å². The molecule has 0 saturated heterocycles. The van der Waals surface area contributed by atoms with Gasteiger partial charge in [-0.05, 0) is 86.7 Å². The fraction of sp³-hybridized carbons (Fsp3) is 0.355. The molecular formula is C31H38BrN3O4S. The summed E-state index contributed by atoms with van der Waals surface area (Å²) in [5.41, 5.74) is 4.03. The summed E-state index contributed by atoms with van der Waals surface area (Å²) in [7, 11) is -4.10. The Balaban J connectivity index is 2.04. The van der Waals surface area contributed by atoms with Crippen molar-refractivity contribution >= 4 is 43.5 Å². The van der Waals surface area contributed by atoms with Crippen LogP contribution in [0.5, 0.6) is 0 Å². The summed E-state index contributed by atoms with van der Waals surface area (Å²) in [4.78, 5) is 28.6. The van der Waals surface area contributed by atoms with Crippen LogP contribution in [0.4, 0.5) is 5.69 Å². The lowest BCUT2D eigenvalue weighted by Crippen LogP contribution is -2.51. The number of hydrogen-bond donors (Lipinski definition) is 1. The van der Waals surface area contributed by atoms with Crippen molar-refractivity contribution in [3.05, 3.63) is 93.5 Å². The van der Waals surface area contributed by atoms with Gasteiger partial charge in [0.2, 0.25) is 11.8 Å². The number of sulfonamides is 1. The number of nitrogens with zero attached hydrogens (tertiary/aromatic N) is 2. The molecule has 2 amide bonds. The van der Waals surface area contributed by atoms with Crippen molar-refractivity contribution in [3.8, 4) is 0 Å². The van der Waals surface area contributed by atoms with Gasteiger partial charge < -0.3 is 10.2 Å². The van der Waals surface area contributed by atoms with Gasteiger partial charge in [-0.1, -0.05) is 65.7 Å². The maximum absolute atomic E-state index is 14.0. The molecule has 0 aliphatic heterocycles. The Morgan fingerprint density at radius 2 is 1.57 bits per heavy atom. The molecule has 3 aromatic carbocycles. The first-order valence-electron chi connectivity index (χ1n) is 13.3. The molecule has 9 heteroatoms. The van der Waals surface area contributed by atoms with Gasteiger partial charge in [-0.25, -0.2) is 8.42 Å². The third-order valence-corrected chi connectivity index (χ3v) is 9.04. The Labute approximate surface area is 246 Å². The molecule has 0 aliphatic carbocycles. The summed E-state index contributed by atoms with van der Waals surface area (Å²) in [6, 6.07) is 18.5. The molecule has 7 nitrogen and oxygen atoms in total. The second kappa shape index (κ2) is 13.5. The van der Waals surface area contributed by atoms with Gasteiger partial charge in [0, 0.05) is 17.6 Å². The minimum Gasteiger partial charge on any atom is -0.354 e. The number of halogens is 1. The van der Waals surface area contributed by atoms with E-state index in [1.807, 2.05) is 65.0 Å². The van der Waals surface area contributed by atoms with Gasteiger partial charge in [0.25, 0.3) is 10.0 Å². The van der Waals surface area contributed by atoms with E-state index in [1.54, 1.807) is 43.3 Å². The highest BCUT2D eigenvalue weighted by molar-refractivity contribution is 9.10. The van der Waals surface area contributed by atoms with Gasteiger partial charge in [-0.2, -0.15) is 0 Å². The van der Waals surface area contributed by atoms with E-state index in [2.05, 4.69) is 21.2 Å². The van der Waals surface area contributed by atoms with Crippen LogP contribution < -0.4 is 9.62 Å². The first kappa shape index (κ1) is 31.4. The van der Waals surface area contributed by atoms with E-state index in [-0.39, 0.29) is 23.3 Å². The van der Waals surface area contributed by atoms with Crippen LogP contribution in [0.2, 0.25) is 0 Å².